The predicted molar refractivity (Wildman–Crippen MR) is 59.2 cm³/mol. The van der Waals surface area contributed by atoms with E-state index in [4.69, 9.17) is 5.73 Å². The first-order valence-electron chi connectivity index (χ1n) is 4.94. The molecule has 78 valence electrons. The summed E-state index contributed by atoms with van der Waals surface area (Å²) in [6.07, 6.45) is 6.30. The molecular formula is C11H14N4. The molecule has 2 aromatic heterocycles. The Labute approximate surface area is 88.8 Å². The molecule has 15 heavy (non-hydrogen) atoms. The minimum absolute atomic E-state index is 0.602. The maximum Gasteiger partial charge on any atom is 0.105 e. The van der Waals surface area contributed by atoms with Crippen molar-refractivity contribution in [2.24, 2.45) is 12.8 Å². The van der Waals surface area contributed by atoms with Gasteiger partial charge in [-0.2, -0.15) is 0 Å². The number of hydrogen-bond acceptors (Lipinski definition) is 3. The van der Waals surface area contributed by atoms with Crippen molar-refractivity contribution in [2.45, 2.75) is 6.42 Å². The zero-order valence-corrected chi connectivity index (χ0v) is 8.72. The summed E-state index contributed by atoms with van der Waals surface area (Å²) in [4.78, 5) is 8.67. The van der Waals surface area contributed by atoms with Gasteiger partial charge in [-0.1, -0.05) is 0 Å². The summed E-state index contributed by atoms with van der Waals surface area (Å²) in [7, 11) is 1.99. The molecule has 4 heteroatoms. The van der Waals surface area contributed by atoms with E-state index in [1.165, 1.54) is 0 Å². The molecule has 0 spiro atoms. The van der Waals surface area contributed by atoms with Gasteiger partial charge in [-0.15, -0.1) is 0 Å². The minimum atomic E-state index is 0.602. The number of hydrogen-bond donors (Lipinski definition) is 1. The van der Waals surface area contributed by atoms with E-state index < -0.39 is 0 Å². The number of rotatable bonds is 3. The van der Waals surface area contributed by atoms with Gasteiger partial charge < -0.3 is 10.3 Å². The second-order valence-corrected chi connectivity index (χ2v) is 3.44. The van der Waals surface area contributed by atoms with E-state index in [0.29, 0.717) is 6.54 Å². The number of nitrogens with two attached hydrogens (primary N) is 1. The van der Waals surface area contributed by atoms with Gasteiger partial charge in [-0.25, -0.2) is 4.98 Å². The van der Waals surface area contributed by atoms with E-state index in [1.54, 1.807) is 12.4 Å². The number of aryl methyl sites for hydroxylation is 1. The van der Waals surface area contributed by atoms with Crippen molar-refractivity contribution in [2.75, 3.05) is 6.54 Å². The Morgan fingerprint density at radius 2 is 2.27 bits per heavy atom. The van der Waals surface area contributed by atoms with Crippen molar-refractivity contribution in [3.8, 4) is 11.4 Å². The first-order chi connectivity index (χ1) is 7.31. The van der Waals surface area contributed by atoms with Crippen molar-refractivity contribution in [3.63, 3.8) is 0 Å². The molecule has 0 bridgehead atoms. The smallest absolute Gasteiger partial charge is 0.105 e. The molecule has 0 aliphatic heterocycles. The van der Waals surface area contributed by atoms with E-state index in [9.17, 15) is 0 Å². The zero-order chi connectivity index (χ0) is 10.7. The van der Waals surface area contributed by atoms with Crippen LogP contribution in [0.4, 0.5) is 0 Å². The Morgan fingerprint density at radius 3 is 2.93 bits per heavy atom. The van der Waals surface area contributed by atoms with Crippen LogP contribution in [0.1, 0.15) is 5.69 Å². The van der Waals surface area contributed by atoms with Crippen LogP contribution in [-0.2, 0) is 13.5 Å². The van der Waals surface area contributed by atoms with Crippen LogP contribution < -0.4 is 5.73 Å². The van der Waals surface area contributed by atoms with Gasteiger partial charge in [0.1, 0.15) is 5.69 Å². The highest BCUT2D eigenvalue weighted by atomic mass is 15.0. The average Bonchev–Trinajstić information content (AvgIpc) is 2.65. The number of nitrogens with zero attached hydrogens (tertiary/aromatic N) is 3. The van der Waals surface area contributed by atoms with Gasteiger partial charge in [-0.05, 0) is 18.7 Å². The quantitative estimate of drug-likeness (QED) is 0.807. The van der Waals surface area contributed by atoms with Crippen molar-refractivity contribution in [1.29, 1.82) is 0 Å². The predicted octanol–water partition coefficient (Wildman–Crippen LogP) is 0.983. The van der Waals surface area contributed by atoms with E-state index >= 15 is 0 Å². The molecule has 0 radical (unpaired) electrons. The molecule has 2 heterocycles. The summed E-state index contributed by atoms with van der Waals surface area (Å²) in [5, 5.41) is 0. The zero-order valence-electron chi connectivity index (χ0n) is 8.72. The molecule has 2 aromatic rings. The largest absolute Gasteiger partial charge is 0.349 e. The maximum absolute atomic E-state index is 5.49. The Balaban J connectivity index is 2.37. The lowest BCUT2D eigenvalue weighted by atomic mass is 10.3. The molecule has 0 saturated carbocycles. The van der Waals surface area contributed by atoms with Gasteiger partial charge in [-0.3, -0.25) is 4.98 Å². The Kier molecular flexibility index (Phi) is 2.78. The molecule has 2 rings (SSSR count). The summed E-state index contributed by atoms with van der Waals surface area (Å²) in [5.41, 5.74) is 8.39. The molecular weight excluding hydrogens is 188 g/mol. The standard InChI is InChI=1S/C11H14N4/c1-15-6-2-3-11(15)10-8-13-7-9(14-10)4-5-12/h2-3,6-8H,4-5,12H2,1H3. The molecule has 0 aliphatic carbocycles. The van der Waals surface area contributed by atoms with Gasteiger partial charge >= 0.3 is 0 Å². The minimum Gasteiger partial charge on any atom is -0.349 e. The molecule has 0 aliphatic rings. The first-order valence-corrected chi connectivity index (χ1v) is 4.94. The fraction of sp³-hybridized carbons (Fsp3) is 0.273. The molecule has 0 atom stereocenters. The van der Waals surface area contributed by atoms with E-state index in [2.05, 4.69) is 9.97 Å². The lowest BCUT2D eigenvalue weighted by Gasteiger charge is -2.04. The third-order valence-corrected chi connectivity index (χ3v) is 2.29. The summed E-state index contributed by atoms with van der Waals surface area (Å²) in [6.45, 7) is 0.602. The normalized spacial score (nSPS) is 10.5. The van der Waals surface area contributed by atoms with Gasteiger partial charge in [0.25, 0.3) is 0 Å². The fourth-order valence-electron chi connectivity index (χ4n) is 1.53. The second kappa shape index (κ2) is 4.23. The molecule has 0 fully saturated rings. The molecule has 0 saturated heterocycles. The van der Waals surface area contributed by atoms with Gasteiger partial charge in [0.05, 0.1) is 17.6 Å². The van der Waals surface area contributed by atoms with Crippen LogP contribution in [0, 0.1) is 0 Å². The van der Waals surface area contributed by atoms with Crippen LogP contribution in [0.5, 0.6) is 0 Å². The highest BCUT2D eigenvalue weighted by Crippen LogP contribution is 2.15. The molecule has 4 nitrogen and oxygen atoms in total. The van der Waals surface area contributed by atoms with E-state index in [1.807, 2.05) is 29.9 Å². The van der Waals surface area contributed by atoms with Crippen molar-refractivity contribution < 1.29 is 0 Å². The molecule has 0 unspecified atom stereocenters. The fourth-order valence-corrected chi connectivity index (χ4v) is 1.53. The van der Waals surface area contributed by atoms with Crippen LogP contribution in [0.3, 0.4) is 0 Å². The highest BCUT2D eigenvalue weighted by Gasteiger charge is 2.04. The summed E-state index contributed by atoms with van der Waals surface area (Å²) < 4.78 is 2.02. The first kappa shape index (κ1) is 9.86. The maximum atomic E-state index is 5.49. The van der Waals surface area contributed by atoms with Crippen LogP contribution in [-0.4, -0.2) is 21.1 Å². The average molecular weight is 202 g/mol. The molecule has 0 aromatic carbocycles. The van der Waals surface area contributed by atoms with Crippen molar-refractivity contribution >= 4 is 0 Å². The Bertz CT molecular complexity index is 447. The van der Waals surface area contributed by atoms with Gasteiger partial charge in [0.2, 0.25) is 0 Å². The topological polar surface area (TPSA) is 56.7 Å². The van der Waals surface area contributed by atoms with E-state index in [-0.39, 0.29) is 0 Å². The SMILES string of the molecule is Cn1cccc1-c1cncc(CCN)n1. The molecule has 2 N–H and O–H groups in total. The third-order valence-electron chi connectivity index (χ3n) is 2.29. The number of aromatic nitrogens is 3. The van der Waals surface area contributed by atoms with Crippen LogP contribution in [0.15, 0.2) is 30.7 Å². The van der Waals surface area contributed by atoms with E-state index in [0.717, 1.165) is 23.5 Å². The van der Waals surface area contributed by atoms with Gasteiger partial charge in [0.15, 0.2) is 0 Å². The van der Waals surface area contributed by atoms with Crippen molar-refractivity contribution in [1.82, 2.24) is 14.5 Å². The Morgan fingerprint density at radius 1 is 1.40 bits per heavy atom. The van der Waals surface area contributed by atoms with Crippen LogP contribution in [0.2, 0.25) is 0 Å². The van der Waals surface area contributed by atoms with Crippen molar-refractivity contribution in [3.05, 3.63) is 36.4 Å². The molecule has 0 amide bonds. The van der Waals surface area contributed by atoms with Crippen LogP contribution in [0.25, 0.3) is 11.4 Å². The lowest BCUT2D eigenvalue weighted by Crippen LogP contribution is -2.05. The monoisotopic (exact) mass is 202 g/mol. The van der Waals surface area contributed by atoms with Gasteiger partial charge in [0, 0.05) is 25.9 Å². The third kappa shape index (κ3) is 2.05. The van der Waals surface area contributed by atoms with Crippen LogP contribution >= 0.6 is 0 Å². The second-order valence-electron chi connectivity index (χ2n) is 3.44. The summed E-state index contributed by atoms with van der Waals surface area (Å²) >= 11 is 0. The lowest BCUT2D eigenvalue weighted by molar-refractivity contribution is 0.892. The Hall–Kier alpha value is -1.68. The summed E-state index contributed by atoms with van der Waals surface area (Å²) in [5.74, 6) is 0. The highest BCUT2D eigenvalue weighted by molar-refractivity contribution is 5.53. The summed E-state index contributed by atoms with van der Waals surface area (Å²) in [6, 6.07) is 4.02.